The van der Waals surface area contributed by atoms with Crippen molar-refractivity contribution in [2.75, 3.05) is 19.0 Å². The molecule has 0 spiro atoms. The Morgan fingerprint density at radius 1 is 1.31 bits per heavy atom. The zero-order chi connectivity index (χ0) is 18.7. The molecule has 1 heterocycles. The number of benzene rings is 1. The Morgan fingerprint density at radius 2 is 2.12 bits per heavy atom. The van der Waals surface area contributed by atoms with Gasteiger partial charge in [-0.3, -0.25) is 4.79 Å². The Labute approximate surface area is 164 Å². The SMILES string of the molecule is CCCOc1ccc(Br)cc1C(=O)Nc1sc2c(c1C(=O)OC)CCC2. The largest absolute Gasteiger partial charge is 0.493 e. The van der Waals surface area contributed by atoms with Crippen LogP contribution in [0.25, 0.3) is 0 Å². The van der Waals surface area contributed by atoms with Gasteiger partial charge in [-0.1, -0.05) is 22.9 Å². The van der Waals surface area contributed by atoms with Gasteiger partial charge in [0.05, 0.1) is 24.8 Å². The second-order valence-electron chi connectivity index (χ2n) is 6.00. The lowest BCUT2D eigenvalue weighted by molar-refractivity contribution is 0.0601. The first-order valence-corrected chi connectivity index (χ1v) is 10.1. The predicted octanol–water partition coefficient (Wildman–Crippen LogP) is 4.83. The van der Waals surface area contributed by atoms with Crippen molar-refractivity contribution in [2.45, 2.75) is 32.6 Å². The van der Waals surface area contributed by atoms with Gasteiger partial charge < -0.3 is 14.8 Å². The Hall–Kier alpha value is -1.86. The number of amides is 1. The van der Waals surface area contributed by atoms with E-state index in [4.69, 9.17) is 9.47 Å². The summed E-state index contributed by atoms with van der Waals surface area (Å²) in [5.74, 6) is -0.185. The fourth-order valence-corrected chi connectivity index (χ4v) is 4.63. The minimum atomic E-state index is -0.406. The number of fused-ring (bicyclic) bond motifs is 1. The van der Waals surface area contributed by atoms with Gasteiger partial charge in [-0.05, 0) is 49.4 Å². The molecule has 1 aromatic carbocycles. The molecule has 138 valence electrons. The van der Waals surface area contributed by atoms with E-state index in [2.05, 4.69) is 21.2 Å². The standard InChI is InChI=1S/C19H20BrNO4S/c1-3-9-25-14-8-7-11(20)10-13(14)17(22)21-18-16(19(23)24-2)12-5-4-6-15(12)26-18/h7-8,10H,3-6,9H2,1-2H3,(H,21,22). The average molecular weight is 438 g/mol. The van der Waals surface area contributed by atoms with Gasteiger partial charge in [-0.25, -0.2) is 4.79 Å². The number of hydrogen-bond donors (Lipinski definition) is 1. The van der Waals surface area contributed by atoms with Crippen LogP contribution >= 0.6 is 27.3 Å². The van der Waals surface area contributed by atoms with E-state index < -0.39 is 5.97 Å². The lowest BCUT2D eigenvalue weighted by Crippen LogP contribution is -2.16. The van der Waals surface area contributed by atoms with E-state index in [0.29, 0.717) is 28.5 Å². The zero-order valence-electron chi connectivity index (χ0n) is 14.7. The van der Waals surface area contributed by atoms with Crippen LogP contribution < -0.4 is 10.1 Å². The smallest absolute Gasteiger partial charge is 0.341 e. The quantitative estimate of drug-likeness (QED) is 0.657. The molecule has 5 nitrogen and oxygen atoms in total. The van der Waals surface area contributed by atoms with E-state index in [-0.39, 0.29) is 5.91 Å². The molecule has 0 atom stereocenters. The third-order valence-corrected chi connectivity index (χ3v) is 5.89. The first-order valence-electron chi connectivity index (χ1n) is 8.51. The van der Waals surface area contributed by atoms with Crippen LogP contribution in [0.1, 0.15) is 50.9 Å². The Balaban J connectivity index is 1.92. The molecule has 26 heavy (non-hydrogen) atoms. The van der Waals surface area contributed by atoms with E-state index in [1.807, 2.05) is 13.0 Å². The number of thiophene rings is 1. The monoisotopic (exact) mass is 437 g/mol. The van der Waals surface area contributed by atoms with Crippen molar-refractivity contribution >= 4 is 44.1 Å². The van der Waals surface area contributed by atoms with E-state index in [9.17, 15) is 9.59 Å². The Kier molecular flexibility index (Phi) is 5.98. The van der Waals surface area contributed by atoms with Gasteiger partial charge in [-0.15, -0.1) is 11.3 Å². The number of esters is 1. The average Bonchev–Trinajstić information content (AvgIpc) is 3.20. The molecule has 1 aliphatic rings. The second-order valence-corrected chi connectivity index (χ2v) is 8.02. The normalized spacial score (nSPS) is 12.6. The molecule has 0 aliphatic heterocycles. The summed E-state index contributed by atoms with van der Waals surface area (Å²) in [7, 11) is 1.36. The maximum Gasteiger partial charge on any atom is 0.341 e. The maximum absolute atomic E-state index is 12.9. The van der Waals surface area contributed by atoms with Gasteiger partial charge in [0.1, 0.15) is 10.8 Å². The summed E-state index contributed by atoms with van der Waals surface area (Å²) >= 11 is 4.85. The van der Waals surface area contributed by atoms with Crippen LogP contribution in [0.4, 0.5) is 5.00 Å². The first-order chi connectivity index (χ1) is 12.5. The Bertz CT molecular complexity index is 846. The highest BCUT2D eigenvalue weighted by Gasteiger charge is 2.28. The second kappa shape index (κ2) is 8.22. The van der Waals surface area contributed by atoms with Crippen LogP contribution in [0.2, 0.25) is 0 Å². The van der Waals surface area contributed by atoms with Crippen LogP contribution in [0.5, 0.6) is 5.75 Å². The minimum absolute atomic E-state index is 0.303. The fourth-order valence-electron chi connectivity index (χ4n) is 3.00. The lowest BCUT2D eigenvalue weighted by Gasteiger charge is -2.12. The number of hydrogen-bond acceptors (Lipinski definition) is 5. The first kappa shape index (κ1) is 18.9. The molecule has 1 N–H and O–H groups in total. The summed E-state index contributed by atoms with van der Waals surface area (Å²) in [6.07, 6.45) is 3.65. The van der Waals surface area contributed by atoms with Crippen LogP contribution in [-0.2, 0) is 17.6 Å². The molecule has 0 fully saturated rings. The van der Waals surface area contributed by atoms with Gasteiger partial charge in [0.15, 0.2) is 0 Å². The number of rotatable bonds is 6. The van der Waals surface area contributed by atoms with E-state index in [1.165, 1.54) is 18.4 Å². The third-order valence-electron chi connectivity index (χ3n) is 4.19. The summed E-state index contributed by atoms with van der Waals surface area (Å²) in [5.41, 5.74) is 1.93. The molecule has 0 saturated heterocycles. The predicted molar refractivity (Wildman–Crippen MR) is 106 cm³/mol. The van der Waals surface area contributed by atoms with Crippen molar-refractivity contribution in [2.24, 2.45) is 0 Å². The van der Waals surface area contributed by atoms with Crippen molar-refractivity contribution in [3.8, 4) is 5.75 Å². The molecule has 0 saturated carbocycles. The highest BCUT2D eigenvalue weighted by Crippen LogP contribution is 2.40. The number of aryl methyl sites for hydroxylation is 1. The molecule has 2 aromatic rings. The minimum Gasteiger partial charge on any atom is -0.493 e. The zero-order valence-corrected chi connectivity index (χ0v) is 17.1. The maximum atomic E-state index is 12.9. The van der Waals surface area contributed by atoms with E-state index in [0.717, 1.165) is 40.6 Å². The molecule has 0 bridgehead atoms. The van der Waals surface area contributed by atoms with Crippen LogP contribution in [0.3, 0.4) is 0 Å². The summed E-state index contributed by atoms with van der Waals surface area (Å²) in [5, 5.41) is 3.44. The molecule has 1 amide bonds. The van der Waals surface area contributed by atoms with Crippen LogP contribution in [0, 0.1) is 0 Å². The molecule has 0 radical (unpaired) electrons. The number of nitrogens with one attached hydrogen (secondary N) is 1. The summed E-state index contributed by atoms with van der Waals surface area (Å²) in [6, 6.07) is 5.32. The fraction of sp³-hybridized carbons (Fsp3) is 0.368. The topological polar surface area (TPSA) is 64.6 Å². The highest BCUT2D eigenvalue weighted by atomic mass is 79.9. The summed E-state index contributed by atoms with van der Waals surface area (Å²) < 4.78 is 11.4. The van der Waals surface area contributed by atoms with Gasteiger partial charge in [-0.2, -0.15) is 0 Å². The number of carbonyl (C=O) groups excluding carboxylic acids is 2. The molecular weight excluding hydrogens is 418 g/mol. The highest BCUT2D eigenvalue weighted by molar-refractivity contribution is 9.10. The number of halogens is 1. The molecular formula is C19H20BrNO4S. The molecule has 3 rings (SSSR count). The summed E-state index contributed by atoms with van der Waals surface area (Å²) in [4.78, 5) is 26.3. The third kappa shape index (κ3) is 3.78. The van der Waals surface area contributed by atoms with Crippen LogP contribution in [-0.4, -0.2) is 25.6 Å². The van der Waals surface area contributed by atoms with Crippen LogP contribution in [0.15, 0.2) is 22.7 Å². The van der Waals surface area contributed by atoms with Crippen molar-refractivity contribution in [3.05, 3.63) is 44.2 Å². The van der Waals surface area contributed by atoms with Gasteiger partial charge >= 0.3 is 5.97 Å². The van der Waals surface area contributed by atoms with Crippen molar-refractivity contribution in [1.29, 1.82) is 0 Å². The number of anilines is 1. The molecule has 1 aromatic heterocycles. The molecule has 7 heteroatoms. The Morgan fingerprint density at radius 3 is 2.85 bits per heavy atom. The van der Waals surface area contributed by atoms with Gasteiger partial charge in [0.25, 0.3) is 5.91 Å². The molecule has 1 aliphatic carbocycles. The number of ether oxygens (including phenoxy) is 2. The van der Waals surface area contributed by atoms with Gasteiger partial charge in [0, 0.05) is 9.35 Å². The van der Waals surface area contributed by atoms with Gasteiger partial charge in [0.2, 0.25) is 0 Å². The van der Waals surface area contributed by atoms with Crippen molar-refractivity contribution in [1.82, 2.24) is 0 Å². The number of carbonyl (C=O) groups is 2. The van der Waals surface area contributed by atoms with Crippen molar-refractivity contribution < 1.29 is 19.1 Å². The number of methoxy groups -OCH3 is 1. The lowest BCUT2D eigenvalue weighted by atomic mass is 10.1. The van der Waals surface area contributed by atoms with E-state index >= 15 is 0 Å². The summed E-state index contributed by atoms with van der Waals surface area (Å²) in [6.45, 7) is 2.54. The molecule has 0 unspecified atom stereocenters. The van der Waals surface area contributed by atoms with Crippen molar-refractivity contribution in [3.63, 3.8) is 0 Å². The van der Waals surface area contributed by atoms with E-state index in [1.54, 1.807) is 12.1 Å².